The second-order valence-corrected chi connectivity index (χ2v) is 7.06. The summed E-state index contributed by atoms with van der Waals surface area (Å²) in [5.74, 6) is 0.505. The Labute approximate surface area is 162 Å². The average molecular weight is 373 g/mol. The summed E-state index contributed by atoms with van der Waals surface area (Å²) in [4.78, 5) is 27.8. The van der Waals surface area contributed by atoms with E-state index >= 15 is 0 Å². The molecule has 1 atom stereocenters. The van der Waals surface area contributed by atoms with Gasteiger partial charge in [-0.15, -0.1) is 0 Å². The van der Waals surface area contributed by atoms with Crippen LogP contribution in [0.25, 0.3) is 0 Å². The third-order valence-electron chi connectivity index (χ3n) is 5.26. The summed E-state index contributed by atoms with van der Waals surface area (Å²) in [7, 11) is 0. The van der Waals surface area contributed by atoms with Crippen LogP contribution in [0, 0.1) is 0 Å². The summed E-state index contributed by atoms with van der Waals surface area (Å²) in [6.45, 7) is 1.57. The number of para-hydroxylation sites is 1. The monoisotopic (exact) mass is 373 g/mol. The van der Waals surface area contributed by atoms with Gasteiger partial charge in [-0.2, -0.15) is 0 Å². The number of hydrogen-bond donors (Lipinski definition) is 1. The van der Waals surface area contributed by atoms with Gasteiger partial charge in [-0.1, -0.05) is 18.2 Å². The van der Waals surface area contributed by atoms with Crippen LogP contribution in [0.1, 0.15) is 28.0 Å². The van der Waals surface area contributed by atoms with Crippen LogP contribution in [0.15, 0.2) is 61.1 Å². The Balaban J connectivity index is 1.40. The molecule has 0 unspecified atom stereocenters. The highest BCUT2D eigenvalue weighted by atomic mass is 16.5. The molecule has 2 aliphatic heterocycles. The molecule has 4 heterocycles. The zero-order chi connectivity index (χ0) is 19.0. The summed E-state index contributed by atoms with van der Waals surface area (Å²) in [6.07, 6.45) is 5.79. The number of fused-ring (bicyclic) bond motifs is 2. The molecule has 7 nitrogen and oxygen atoms in total. The fourth-order valence-corrected chi connectivity index (χ4v) is 3.84. The molecule has 1 fully saturated rings. The minimum Gasteiger partial charge on any atom is -0.362 e. The third-order valence-corrected chi connectivity index (χ3v) is 5.26. The molecule has 5 rings (SSSR count). The van der Waals surface area contributed by atoms with Crippen LogP contribution in [0.3, 0.4) is 0 Å². The van der Waals surface area contributed by atoms with Crippen molar-refractivity contribution in [1.82, 2.24) is 19.9 Å². The highest BCUT2D eigenvalue weighted by Crippen LogP contribution is 2.42. The maximum absolute atomic E-state index is 12.8. The standard InChI is InChI=1S/C21H19N5O2/c27-19(15-5-4-9-22-11-15)26-10-8-21(14-26)18-16(13-28-21)12-23-20(25-18)24-17-6-2-1-3-7-17/h1-7,9,11-12H,8,10,13-14H2,(H,23,24,25)/t21-/m1/s1. The molecular weight excluding hydrogens is 354 g/mol. The van der Waals surface area contributed by atoms with Crippen molar-refractivity contribution in [3.8, 4) is 0 Å². The quantitative estimate of drug-likeness (QED) is 0.760. The number of amides is 1. The molecule has 0 aliphatic carbocycles. The van der Waals surface area contributed by atoms with E-state index in [2.05, 4.69) is 15.3 Å². The number of hydrogen-bond acceptors (Lipinski definition) is 6. The number of anilines is 2. The smallest absolute Gasteiger partial charge is 0.255 e. The minimum absolute atomic E-state index is 0.0290. The van der Waals surface area contributed by atoms with Gasteiger partial charge in [-0.3, -0.25) is 9.78 Å². The zero-order valence-electron chi connectivity index (χ0n) is 15.2. The van der Waals surface area contributed by atoms with Crippen molar-refractivity contribution in [2.24, 2.45) is 0 Å². The lowest BCUT2D eigenvalue weighted by Crippen LogP contribution is -2.35. The van der Waals surface area contributed by atoms with Gasteiger partial charge in [0.1, 0.15) is 5.60 Å². The Bertz CT molecular complexity index is 1010. The molecule has 1 N–H and O–H groups in total. The lowest BCUT2D eigenvalue weighted by Gasteiger charge is -2.24. The fraction of sp³-hybridized carbons (Fsp3) is 0.238. The van der Waals surface area contributed by atoms with Crippen molar-refractivity contribution in [1.29, 1.82) is 0 Å². The highest BCUT2D eigenvalue weighted by molar-refractivity contribution is 5.94. The van der Waals surface area contributed by atoms with Gasteiger partial charge in [-0.25, -0.2) is 9.97 Å². The molecule has 0 bridgehead atoms. The van der Waals surface area contributed by atoms with E-state index in [1.807, 2.05) is 41.4 Å². The Hall–Kier alpha value is -3.32. The van der Waals surface area contributed by atoms with Crippen molar-refractivity contribution >= 4 is 17.5 Å². The number of aromatic nitrogens is 3. The normalized spacial score (nSPS) is 20.4. The number of ether oxygens (including phenoxy) is 1. The maximum atomic E-state index is 12.8. The molecule has 3 aromatic rings. The molecule has 140 valence electrons. The number of rotatable bonds is 3. The highest BCUT2D eigenvalue weighted by Gasteiger charge is 2.48. The molecule has 0 saturated carbocycles. The Morgan fingerprint density at radius 2 is 2.04 bits per heavy atom. The van der Waals surface area contributed by atoms with Crippen LogP contribution >= 0.6 is 0 Å². The Morgan fingerprint density at radius 3 is 2.86 bits per heavy atom. The number of pyridine rings is 1. The summed E-state index contributed by atoms with van der Waals surface area (Å²) < 4.78 is 6.15. The van der Waals surface area contributed by atoms with E-state index < -0.39 is 5.60 Å². The Kier molecular flexibility index (Phi) is 4.02. The molecule has 28 heavy (non-hydrogen) atoms. The molecule has 0 radical (unpaired) electrons. The fourth-order valence-electron chi connectivity index (χ4n) is 3.84. The van der Waals surface area contributed by atoms with Crippen molar-refractivity contribution in [2.45, 2.75) is 18.6 Å². The molecule has 1 aromatic carbocycles. The second kappa shape index (κ2) is 6.69. The molecule has 2 aromatic heterocycles. The van der Waals surface area contributed by atoms with Crippen LogP contribution in [-0.2, 0) is 16.9 Å². The SMILES string of the molecule is O=C(c1cccnc1)N1CC[C@]2(C1)OCc1cnc(Nc3ccccc3)nc12. The number of nitrogens with zero attached hydrogens (tertiary/aromatic N) is 4. The van der Waals surface area contributed by atoms with E-state index in [1.54, 1.807) is 24.5 Å². The van der Waals surface area contributed by atoms with E-state index in [0.717, 1.165) is 16.9 Å². The predicted octanol–water partition coefficient (Wildman–Crippen LogP) is 2.89. The van der Waals surface area contributed by atoms with Crippen LogP contribution < -0.4 is 5.32 Å². The van der Waals surface area contributed by atoms with E-state index in [9.17, 15) is 4.79 Å². The van der Waals surface area contributed by atoms with Gasteiger partial charge in [-0.05, 0) is 24.3 Å². The number of carbonyl (C=O) groups excluding carboxylic acids is 1. The Morgan fingerprint density at radius 1 is 1.14 bits per heavy atom. The number of benzene rings is 1. The zero-order valence-corrected chi connectivity index (χ0v) is 15.2. The van der Waals surface area contributed by atoms with Gasteiger partial charge >= 0.3 is 0 Å². The molecule has 1 amide bonds. The average Bonchev–Trinajstić information content (AvgIpc) is 3.34. The van der Waals surface area contributed by atoms with Crippen molar-refractivity contribution in [3.05, 3.63) is 77.9 Å². The van der Waals surface area contributed by atoms with E-state index in [1.165, 1.54) is 0 Å². The first-order valence-corrected chi connectivity index (χ1v) is 9.25. The van der Waals surface area contributed by atoms with Crippen LogP contribution in [0.2, 0.25) is 0 Å². The van der Waals surface area contributed by atoms with Crippen molar-refractivity contribution < 1.29 is 9.53 Å². The largest absolute Gasteiger partial charge is 0.362 e. The van der Waals surface area contributed by atoms with Crippen molar-refractivity contribution in [3.63, 3.8) is 0 Å². The van der Waals surface area contributed by atoms with Gasteiger partial charge in [0.15, 0.2) is 0 Å². The lowest BCUT2D eigenvalue weighted by molar-refractivity contribution is -0.0303. The second-order valence-electron chi connectivity index (χ2n) is 7.06. The van der Waals surface area contributed by atoms with E-state index in [-0.39, 0.29) is 5.91 Å². The summed E-state index contributed by atoms with van der Waals surface area (Å²) in [5, 5.41) is 3.23. The van der Waals surface area contributed by atoms with Crippen LogP contribution in [-0.4, -0.2) is 38.8 Å². The predicted molar refractivity (Wildman–Crippen MR) is 103 cm³/mol. The number of nitrogens with one attached hydrogen (secondary N) is 1. The topological polar surface area (TPSA) is 80.2 Å². The van der Waals surface area contributed by atoms with Gasteiger partial charge in [0.05, 0.1) is 24.4 Å². The summed E-state index contributed by atoms with van der Waals surface area (Å²) >= 11 is 0. The van der Waals surface area contributed by atoms with E-state index in [4.69, 9.17) is 9.72 Å². The number of likely N-dealkylation sites (tertiary alicyclic amines) is 1. The molecule has 1 spiro atoms. The van der Waals surface area contributed by atoms with Gasteiger partial charge in [0.2, 0.25) is 5.95 Å². The van der Waals surface area contributed by atoms with Crippen LogP contribution in [0.4, 0.5) is 11.6 Å². The lowest BCUT2D eigenvalue weighted by atomic mass is 9.98. The summed E-state index contributed by atoms with van der Waals surface area (Å²) in [5.41, 5.74) is 2.81. The van der Waals surface area contributed by atoms with Gasteiger partial charge in [0, 0.05) is 42.8 Å². The van der Waals surface area contributed by atoms with E-state index in [0.29, 0.717) is 37.6 Å². The number of carbonyl (C=O) groups is 1. The minimum atomic E-state index is -0.566. The van der Waals surface area contributed by atoms with Crippen molar-refractivity contribution in [2.75, 3.05) is 18.4 Å². The van der Waals surface area contributed by atoms with Gasteiger partial charge < -0.3 is 15.0 Å². The molecule has 2 aliphatic rings. The maximum Gasteiger partial charge on any atom is 0.255 e. The molecular formula is C21H19N5O2. The molecule has 1 saturated heterocycles. The van der Waals surface area contributed by atoms with Gasteiger partial charge in [0.25, 0.3) is 5.91 Å². The first-order valence-electron chi connectivity index (χ1n) is 9.25. The third kappa shape index (κ3) is 2.90. The first-order chi connectivity index (χ1) is 13.7. The first kappa shape index (κ1) is 16.8. The summed E-state index contributed by atoms with van der Waals surface area (Å²) in [6, 6.07) is 13.4. The molecule has 7 heteroatoms. The van der Waals surface area contributed by atoms with Crippen LogP contribution in [0.5, 0.6) is 0 Å².